The first-order valence-electron chi connectivity index (χ1n) is 8.57. The lowest BCUT2D eigenvalue weighted by atomic mass is 9.93. The number of carboxylic acids is 1. The number of rotatable bonds is 5. The van der Waals surface area contributed by atoms with Crippen LogP contribution in [0.4, 0.5) is 30.7 Å². The second-order valence-corrected chi connectivity index (χ2v) is 7.53. The molecule has 0 spiro atoms. The molecule has 11 heteroatoms. The van der Waals surface area contributed by atoms with Gasteiger partial charge in [-0.05, 0) is 54.0 Å². The number of halogens is 9. The summed E-state index contributed by atoms with van der Waals surface area (Å²) in [5.74, 6) is -6.16. The van der Waals surface area contributed by atoms with Crippen molar-refractivity contribution in [1.82, 2.24) is 0 Å². The van der Waals surface area contributed by atoms with Crippen molar-refractivity contribution in [2.24, 2.45) is 0 Å². The Morgan fingerprint density at radius 2 is 1.66 bits per heavy atom. The summed E-state index contributed by atoms with van der Waals surface area (Å²) in [6.45, 7) is 5.05. The second-order valence-electron chi connectivity index (χ2n) is 6.74. The first-order chi connectivity index (χ1) is 14.5. The molecular weight excluding hydrogens is 488 g/mol. The molecule has 0 aliphatic rings. The highest BCUT2D eigenvalue weighted by Crippen LogP contribution is 2.42. The Kier molecular flexibility index (Phi) is 7.36. The fourth-order valence-electron chi connectivity index (χ4n) is 2.84. The van der Waals surface area contributed by atoms with Crippen LogP contribution in [0.2, 0.25) is 10.0 Å². The van der Waals surface area contributed by atoms with Crippen LogP contribution < -0.4 is 0 Å². The van der Waals surface area contributed by atoms with Gasteiger partial charge in [-0.25, -0.2) is 9.18 Å². The molecule has 0 saturated carbocycles. The zero-order chi connectivity index (χ0) is 24.6. The van der Waals surface area contributed by atoms with Crippen LogP contribution in [0.5, 0.6) is 0 Å². The summed E-state index contributed by atoms with van der Waals surface area (Å²) < 4.78 is 95.3. The number of carboxylic acid groups (broad SMARTS) is 1. The van der Waals surface area contributed by atoms with E-state index < -0.39 is 52.3 Å². The first-order valence-corrected chi connectivity index (χ1v) is 9.33. The molecule has 0 aliphatic carbocycles. The number of hydrogen-bond acceptors (Lipinski definition) is 1. The van der Waals surface area contributed by atoms with Crippen molar-refractivity contribution < 1.29 is 40.6 Å². The van der Waals surface area contributed by atoms with E-state index in [-0.39, 0.29) is 33.3 Å². The molecule has 0 bridgehead atoms. The quantitative estimate of drug-likeness (QED) is 0.418. The number of hydrogen-bond donors (Lipinski definition) is 1. The van der Waals surface area contributed by atoms with Gasteiger partial charge in [0.15, 0.2) is 0 Å². The number of carbonyl (C=O) groups is 1. The molecule has 1 N–H and O–H groups in total. The molecule has 1 atom stereocenters. The van der Waals surface area contributed by atoms with Crippen molar-refractivity contribution >= 4 is 40.6 Å². The average Bonchev–Trinajstić information content (AvgIpc) is 2.65. The van der Waals surface area contributed by atoms with Crippen molar-refractivity contribution in [2.45, 2.75) is 25.2 Å². The summed E-state index contributed by atoms with van der Waals surface area (Å²) in [6, 6.07) is 3.12. The zero-order valence-electron chi connectivity index (χ0n) is 16.0. The summed E-state index contributed by atoms with van der Waals surface area (Å²) in [7, 11) is 0. The molecule has 1 unspecified atom stereocenters. The van der Waals surface area contributed by atoms with Crippen LogP contribution >= 0.6 is 23.2 Å². The molecule has 172 valence electrons. The van der Waals surface area contributed by atoms with Crippen LogP contribution in [0.15, 0.2) is 43.0 Å². The Morgan fingerprint density at radius 1 is 1.06 bits per heavy atom. The van der Waals surface area contributed by atoms with Gasteiger partial charge in [-0.2, -0.15) is 26.3 Å². The van der Waals surface area contributed by atoms with Crippen molar-refractivity contribution in [3.8, 4) is 0 Å². The van der Waals surface area contributed by atoms with Gasteiger partial charge >= 0.3 is 18.3 Å². The fraction of sp³-hybridized carbons (Fsp3) is 0.190. The summed E-state index contributed by atoms with van der Waals surface area (Å²) >= 11 is 11.9. The molecule has 2 aromatic carbocycles. The third-order valence-electron chi connectivity index (χ3n) is 4.37. The van der Waals surface area contributed by atoms with Crippen LogP contribution in [-0.2, 0) is 6.18 Å². The lowest BCUT2D eigenvalue weighted by Crippen LogP contribution is -2.19. The largest absolute Gasteiger partial charge is 0.478 e. The molecule has 0 fully saturated rings. The number of aromatic carboxylic acids is 1. The van der Waals surface area contributed by atoms with Crippen LogP contribution in [0.25, 0.3) is 11.4 Å². The minimum Gasteiger partial charge on any atom is -0.478 e. The standard InChI is InChI=1S/C21H13Cl2F7O2/c1-9(2)13-5-11(7-16(22)18(13)23)14(20(25,26)27)8-17(24)10-3-4-12(19(31)32)15(6-10)21(28,29)30/h3-8,14H,1H2,2H3,(H,31,32). The Labute approximate surface area is 187 Å². The van der Waals surface area contributed by atoms with Gasteiger partial charge in [0.1, 0.15) is 11.7 Å². The van der Waals surface area contributed by atoms with E-state index in [0.717, 1.165) is 12.1 Å². The summed E-state index contributed by atoms with van der Waals surface area (Å²) in [6.07, 6.45) is -10.1. The van der Waals surface area contributed by atoms with Crippen molar-refractivity contribution in [3.63, 3.8) is 0 Å². The van der Waals surface area contributed by atoms with Crippen molar-refractivity contribution in [2.75, 3.05) is 0 Å². The van der Waals surface area contributed by atoms with Gasteiger partial charge in [0.25, 0.3) is 0 Å². The van der Waals surface area contributed by atoms with Gasteiger partial charge in [0.05, 0.1) is 21.2 Å². The normalized spacial score (nSPS) is 13.8. The summed E-state index contributed by atoms with van der Waals surface area (Å²) in [5, 5.41) is 8.57. The smallest absolute Gasteiger partial charge is 0.417 e. The molecule has 0 amide bonds. The maximum Gasteiger partial charge on any atom is 0.417 e. The lowest BCUT2D eigenvalue weighted by Gasteiger charge is -2.20. The van der Waals surface area contributed by atoms with Crippen LogP contribution in [-0.4, -0.2) is 17.3 Å². The molecule has 2 aromatic rings. The average molecular weight is 501 g/mol. The minimum atomic E-state index is -5.17. The van der Waals surface area contributed by atoms with E-state index >= 15 is 0 Å². The van der Waals surface area contributed by atoms with Gasteiger partial charge < -0.3 is 5.11 Å². The number of benzene rings is 2. The Morgan fingerprint density at radius 3 is 2.12 bits per heavy atom. The maximum atomic E-state index is 14.7. The van der Waals surface area contributed by atoms with E-state index in [1.54, 1.807) is 0 Å². The Bertz CT molecular complexity index is 1100. The van der Waals surface area contributed by atoms with Gasteiger partial charge in [-0.1, -0.05) is 35.8 Å². The van der Waals surface area contributed by atoms with Crippen molar-refractivity contribution in [1.29, 1.82) is 0 Å². The van der Waals surface area contributed by atoms with E-state index in [9.17, 15) is 35.5 Å². The van der Waals surface area contributed by atoms with Gasteiger partial charge in [-0.3, -0.25) is 0 Å². The SMILES string of the molecule is C=C(C)c1cc(C(C=C(F)c2ccc(C(=O)O)c(C(F)(F)F)c2)C(F)(F)F)cc(Cl)c1Cl. The van der Waals surface area contributed by atoms with Crippen LogP contribution in [0.1, 0.15) is 45.5 Å². The highest BCUT2D eigenvalue weighted by atomic mass is 35.5. The lowest BCUT2D eigenvalue weighted by molar-refractivity contribution is -0.140. The highest BCUT2D eigenvalue weighted by molar-refractivity contribution is 6.43. The molecule has 0 saturated heterocycles. The van der Waals surface area contributed by atoms with E-state index in [1.807, 2.05) is 0 Å². The van der Waals surface area contributed by atoms with Crippen LogP contribution in [0.3, 0.4) is 0 Å². The third kappa shape index (κ3) is 5.63. The molecule has 0 aliphatic heterocycles. The predicted molar refractivity (Wildman–Crippen MR) is 107 cm³/mol. The van der Waals surface area contributed by atoms with Gasteiger partial charge in [0, 0.05) is 5.56 Å². The van der Waals surface area contributed by atoms with E-state index in [0.29, 0.717) is 12.1 Å². The van der Waals surface area contributed by atoms with E-state index in [1.165, 1.54) is 6.92 Å². The molecule has 2 rings (SSSR count). The minimum absolute atomic E-state index is 0.0626. The predicted octanol–water partition coefficient (Wildman–Crippen LogP) is 8.40. The molecule has 0 heterocycles. The summed E-state index contributed by atoms with van der Waals surface area (Å²) in [5.41, 5.74) is -3.90. The van der Waals surface area contributed by atoms with Crippen molar-refractivity contribution in [3.05, 3.63) is 80.8 Å². The Balaban J connectivity index is 2.67. The number of allylic oxidation sites excluding steroid dienone is 2. The monoisotopic (exact) mass is 500 g/mol. The highest BCUT2D eigenvalue weighted by Gasteiger charge is 2.41. The van der Waals surface area contributed by atoms with Gasteiger partial charge in [0.2, 0.25) is 0 Å². The second kappa shape index (κ2) is 9.15. The van der Waals surface area contributed by atoms with E-state index in [4.69, 9.17) is 28.3 Å². The molecule has 0 radical (unpaired) electrons. The number of alkyl halides is 6. The van der Waals surface area contributed by atoms with Gasteiger partial charge in [-0.15, -0.1) is 0 Å². The van der Waals surface area contributed by atoms with E-state index in [2.05, 4.69) is 6.58 Å². The third-order valence-corrected chi connectivity index (χ3v) is 5.17. The molecule has 2 nitrogen and oxygen atoms in total. The topological polar surface area (TPSA) is 37.3 Å². The molecule has 0 aromatic heterocycles. The first kappa shape index (κ1) is 25.7. The Hall–Kier alpha value is -2.52. The zero-order valence-corrected chi connectivity index (χ0v) is 17.5. The fourth-order valence-corrected chi connectivity index (χ4v) is 3.33. The molecular formula is C21H13Cl2F7O2. The van der Waals surface area contributed by atoms with Crippen LogP contribution in [0, 0.1) is 0 Å². The molecule has 32 heavy (non-hydrogen) atoms. The summed E-state index contributed by atoms with van der Waals surface area (Å²) in [4.78, 5) is 11.0. The maximum absolute atomic E-state index is 14.7.